The molecule has 0 aliphatic heterocycles. The van der Waals surface area contributed by atoms with Crippen LogP contribution in [0, 0.1) is 0 Å². The molecule has 5 nitrogen and oxygen atoms in total. The van der Waals surface area contributed by atoms with E-state index in [1.807, 2.05) is 30.3 Å². The van der Waals surface area contributed by atoms with Crippen LogP contribution in [0.2, 0.25) is 0 Å². The zero-order chi connectivity index (χ0) is 14.3. The normalized spacial score (nSPS) is 13.4. The Kier molecular flexibility index (Phi) is 6.02. The summed E-state index contributed by atoms with van der Waals surface area (Å²) in [7, 11) is 0. The third-order valence-corrected chi connectivity index (χ3v) is 2.75. The molecule has 1 rings (SSSR count). The summed E-state index contributed by atoms with van der Waals surface area (Å²) in [6.45, 7) is 3.01. The van der Waals surface area contributed by atoms with Crippen LogP contribution in [0.3, 0.4) is 0 Å². The fourth-order valence-corrected chi connectivity index (χ4v) is 1.64. The van der Waals surface area contributed by atoms with Crippen molar-refractivity contribution in [1.29, 1.82) is 0 Å². The molecule has 0 aliphatic carbocycles. The van der Waals surface area contributed by atoms with Gasteiger partial charge in [0.1, 0.15) is 0 Å². The Morgan fingerprint density at radius 3 is 2.47 bits per heavy atom. The molecule has 0 spiro atoms. The summed E-state index contributed by atoms with van der Waals surface area (Å²) in [4.78, 5) is 22.1. The van der Waals surface area contributed by atoms with Gasteiger partial charge in [-0.15, -0.1) is 0 Å². The van der Waals surface area contributed by atoms with E-state index in [0.29, 0.717) is 6.42 Å². The lowest BCUT2D eigenvalue weighted by atomic mass is 10.0. The molecule has 5 heteroatoms. The maximum Gasteiger partial charge on any atom is 0.239 e. The van der Waals surface area contributed by atoms with Crippen molar-refractivity contribution in [3.8, 4) is 0 Å². The third-order valence-electron chi connectivity index (χ3n) is 2.75. The second-order valence-electron chi connectivity index (χ2n) is 4.52. The number of hydrogen-bond acceptors (Lipinski definition) is 3. The van der Waals surface area contributed by atoms with Crippen LogP contribution >= 0.6 is 0 Å². The predicted octanol–water partition coefficient (Wildman–Crippen LogP) is 0.231. The molecule has 0 saturated heterocycles. The van der Waals surface area contributed by atoms with Crippen LogP contribution in [0.1, 0.15) is 19.4 Å². The molecule has 0 aliphatic rings. The van der Waals surface area contributed by atoms with Gasteiger partial charge in [-0.25, -0.2) is 0 Å². The van der Waals surface area contributed by atoms with E-state index in [1.54, 1.807) is 6.92 Å². The average Bonchev–Trinajstić information content (AvgIpc) is 2.37. The molecular formula is C14H20N2O3. The molecule has 0 bridgehead atoms. The summed E-state index contributed by atoms with van der Waals surface area (Å²) in [5.74, 6) is -0.567. The molecule has 0 aromatic heterocycles. The van der Waals surface area contributed by atoms with Crippen molar-refractivity contribution in [2.45, 2.75) is 32.4 Å². The van der Waals surface area contributed by atoms with Crippen LogP contribution < -0.4 is 10.6 Å². The minimum absolute atomic E-state index is 0.0717. The Morgan fingerprint density at radius 1 is 1.26 bits per heavy atom. The molecule has 2 unspecified atom stereocenters. The van der Waals surface area contributed by atoms with Gasteiger partial charge in [-0.1, -0.05) is 30.3 Å². The third kappa shape index (κ3) is 6.01. The number of carbonyl (C=O) groups is 2. The zero-order valence-electron chi connectivity index (χ0n) is 11.2. The fourth-order valence-electron chi connectivity index (χ4n) is 1.64. The van der Waals surface area contributed by atoms with Crippen LogP contribution in [-0.2, 0) is 16.0 Å². The van der Waals surface area contributed by atoms with E-state index in [0.717, 1.165) is 5.56 Å². The maximum absolute atomic E-state index is 11.5. The highest BCUT2D eigenvalue weighted by Gasteiger charge is 2.16. The van der Waals surface area contributed by atoms with Crippen molar-refractivity contribution in [1.82, 2.24) is 10.6 Å². The van der Waals surface area contributed by atoms with E-state index < -0.39 is 6.10 Å². The van der Waals surface area contributed by atoms with Crippen LogP contribution in [0.15, 0.2) is 30.3 Å². The Bertz CT molecular complexity index is 420. The first-order valence-corrected chi connectivity index (χ1v) is 6.25. The largest absolute Gasteiger partial charge is 0.391 e. The molecule has 1 aromatic rings. The topological polar surface area (TPSA) is 78.4 Å². The summed E-state index contributed by atoms with van der Waals surface area (Å²) >= 11 is 0. The van der Waals surface area contributed by atoms with Gasteiger partial charge in [-0.3, -0.25) is 9.59 Å². The highest BCUT2D eigenvalue weighted by molar-refractivity contribution is 5.83. The minimum Gasteiger partial charge on any atom is -0.391 e. The van der Waals surface area contributed by atoms with Gasteiger partial charge < -0.3 is 15.7 Å². The van der Waals surface area contributed by atoms with Gasteiger partial charge in [0, 0.05) is 13.3 Å². The number of nitrogens with one attached hydrogen (secondary N) is 2. The highest BCUT2D eigenvalue weighted by atomic mass is 16.3. The van der Waals surface area contributed by atoms with Crippen LogP contribution in [-0.4, -0.2) is 35.6 Å². The Balaban J connectivity index is 2.38. The summed E-state index contributed by atoms with van der Waals surface area (Å²) in [6, 6.07) is 9.20. The minimum atomic E-state index is -0.663. The van der Waals surface area contributed by atoms with Crippen LogP contribution in [0.5, 0.6) is 0 Å². The molecule has 0 heterocycles. The van der Waals surface area contributed by atoms with Crippen LogP contribution in [0.25, 0.3) is 0 Å². The Morgan fingerprint density at radius 2 is 1.89 bits per heavy atom. The molecule has 2 atom stereocenters. The smallest absolute Gasteiger partial charge is 0.239 e. The maximum atomic E-state index is 11.5. The summed E-state index contributed by atoms with van der Waals surface area (Å²) in [5.41, 5.74) is 1.01. The van der Waals surface area contributed by atoms with Gasteiger partial charge in [0.25, 0.3) is 0 Å². The number of aliphatic hydroxyl groups is 1. The number of hydrogen-bond donors (Lipinski definition) is 3. The van der Waals surface area contributed by atoms with Crippen molar-refractivity contribution >= 4 is 11.8 Å². The molecular weight excluding hydrogens is 244 g/mol. The monoisotopic (exact) mass is 264 g/mol. The molecule has 3 N–H and O–H groups in total. The van der Waals surface area contributed by atoms with E-state index in [9.17, 15) is 14.7 Å². The molecule has 2 amide bonds. The number of carbonyl (C=O) groups excluding carboxylic acids is 2. The van der Waals surface area contributed by atoms with Gasteiger partial charge >= 0.3 is 0 Å². The molecule has 0 fully saturated rings. The second kappa shape index (κ2) is 7.53. The SMILES string of the molecule is CC(=O)NCC(=O)NC(C)C(O)Cc1ccccc1. The molecule has 0 saturated carbocycles. The van der Waals surface area contributed by atoms with Gasteiger partial charge in [-0.05, 0) is 12.5 Å². The molecule has 0 radical (unpaired) electrons. The van der Waals surface area contributed by atoms with E-state index >= 15 is 0 Å². The molecule has 19 heavy (non-hydrogen) atoms. The van der Waals surface area contributed by atoms with Crippen molar-refractivity contribution in [3.05, 3.63) is 35.9 Å². The van der Waals surface area contributed by atoms with E-state index in [1.165, 1.54) is 6.92 Å². The fraction of sp³-hybridized carbons (Fsp3) is 0.429. The number of aliphatic hydroxyl groups excluding tert-OH is 1. The number of benzene rings is 1. The summed E-state index contributed by atoms with van der Waals surface area (Å²) in [6.07, 6.45) is -0.189. The first kappa shape index (κ1) is 15.2. The van der Waals surface area contributed by atoms with Gasteiger partial charge in [0.05, 0.1) is 18.7 Å². The Hall–Kier alpha value is -1.88. The number of rotatable bonds is 6. The molecule has 104 valence electrons. The van der Waals surface area contributed by atoms with Gasteiger partial charge in [-0.2, -0.15) is 0 Å². The van der Waals surface area contributed by atoms with Gasteiger partial charge in [0.15, 0.2) is 0 Å². The first-order valence-electron chi connectivity index (χ1n) is 6.25. The predicted molar refractivity (Wildman–Crippen MR) is 72.4 cm³/mol. The lowest BCUT2D eigenvalue weighted by molar-refractivity contribution is -0.125. The lowest BCUT2D eigenvalue weighted by Gasteiger charge is -2.20. The van der Waals surface area contributed by atoms with Crippen molar-refractivity contribution in [3.63, 3.8) is 0 Å². The summed E-state index contributed by atoms with van der Waals surface area (Å²) < 4.78 is 0. The van der Waals surface area contributed by atoms with Crippen molar-refractivity contribution in [2.75, 3.05) is 6.54 Å². The summed E-state index contributed by atoms with van der Waals surface area (Å²) in [5, 5.41) is 15.1. The number of amides is 2. The quantitative estimate of drug-likeness (QED) is 0.688. The average molecular weight is 264 g/mol. The van der Waals surface area contributed by atoms with E-state index in [-0.39, 0.29) is 24.4 Å². The molecule has 1 aromatic carbocycles. The highest BCUT2D eigenvalue weighted by Crippen LogP contribution is 2.05. The zero-order valence-corrected chi connectivity index (χ0v) is 11.2. The lowest BCUT2D eigenvalue weighted by Crippen LogP contribution is -2.46. The van der Waals surface area contributed by atoms with E-state index in [2.05, 4.69) is 10.6 Å². The van der Waals surface area contributed by atoms with Gasteiger partial charge in [0.2, 0.25) is 11.8 Å². The van der Waals surface area contributed by atoms with Crippen molar-refractivity contribution in [2.24, 2.45) is 0 Å². The second-order valence-corrected chi connectivity index (χ2v) is 4.52. The first-order chi connectivity index (χ1) is 8.99. The van der Waals surface area contributed by atoms with Crippen LogP contribution in [0.4, 0.5) is 0 Å². The van der Waals surface area contributed by atoms with E-state index in [4.69, 9.17) is 0 Å². The van der Waals surface area contributed by atoms with Crippen molar-refractivity contribution < 1.29 is 14.7 Å². The Labute approximate surface area is 113 Å². The standard InChI is InChI=1S/C14H20N2O3/c1-10(16-14(19)9-15-11(2)17)13(18)8-12-6-4-3-5-7-12/h3-7,10,13,18H,8-9H2,1-2H3,(H,15,17)(H,16,19).